The Kier molecular flexibility index (Phi) is 5.86. The normalized spacial score (nSPS) is 11.5. The molecule has 140 valence electrons. The minimum atomic E-state index is -4.89. The van der Waals surface area contributed by atoms with Crippen molar-refractivity contribution in [2.75, 3.05) is 19.0 Å². The predicted molar refractivity (Wildman–Crippen MR) is 91.9 cm³/mol. The molecule has 26 heavy (non-hydrogen) atoms. The number of anilines is 1. The summed E-state index contributed by atoms with van der Waals surface area (Å²) < 4.78 is 49.1. The van der Waals surface area contributed by atoms with E-state index in [1.165, 1.54) is 18.2 Å². The van der Waals surface area contributed by atoms with Crippen LogP contribution in [-0.4, -0.2) is 44.1 Å². The Morgan fingerprint density at radius 3 is 2.50 bits per heavy atom. The molecule has 0 atom stereocenters. The summed E-state index contributed by atoms with van der Waals surface area (Å²) in [5.74, 6) is -3.46. The van der Waals surface area contributed by atoms with Gasteiger partial charge in [0.15, 0.2) is 0 Å². The number of benzene rings is 1. The molecule has 7 nitrogen and oxygen atoms in total. The van der Waals surface area contributed by atoms with Crippen LogP contribution >= 0.6 is 0 Å². The fourth-order valence-corrected chi connectivity index (χ4v) is 3.10. The molecule has 2 aromatic rings. The highest BCUT2D eigenvalue weighted by atomic mass is 32.2. The van der Waals surface area contributed by atoms with E-state index in [4.69, 9.17) is 0 Å². The number of rotatable bonds is 6. The molecule has 0 spiro atoms. The number of aromatic nitrogens is 2. The molecule has 1 heterocycles. The highest BCUT2D eigenvalue weighted by Crippen LogP contribution is 2.22. The molecule has 0 bridgehead atoms. The molecular weight excluding hydrogens is 366 g/mol. The van der Waals surface area contributed by atoms with Gasteiger partial charge in [-0.3, -0.25) is 4.79 Å². The zero-order valence-corrected chi connectivity index (χ0v) is 15.2. The molecule has 0 fully saturated rings. The van der Waals surface area contributed by atoms with E-state index in [-0.39, 0.29) is 12.1 Å². The summed E-state index contributed by atoms with van der Waals surface area (Å²) in [6.07, 6.45) is 0. The molecule has 10 heteroatoms. The maximum atomic E-state index is 12.8. The SMILES string of the molecule is Cc1cc(N(C)C)nc(CNC(=O)c2ccccc2S(=O)(=O)C(F)F)n1. The molecule has 1 amide bonds. The van der Waals surface area contributed by atoms with E-state index in [1.807, 2.05) is 0 Å². The lowest BCUT2D eigenvalue weighted by atomic mass is 10.2. The maximum absolute atomic E-state index is 12.8. The van der Waals surface area contributed by atoms with Crippen molar-refractivity contribution in [1.29, 1.82) is 0 Å². The predicted octanol–water partition coefficient (Wildman–Crippen LogP) is 1.78. The Hall–Kier alpha value is -2.62. The first-order chi connectivity index (χ1) is 12.1. The van der Waals surface area contributed by atoms with Crippen molar-refractivity contribution in [3.63, 3.8) is 0 Å². The highest BCUT2D eigenvalue weighted by Gasteiger charge is 2.30. The van der Waals surface area contributed by atoms with Crippen LogP contribution in [0.5, 0.6) is 0 Å². The molecule has 2 rings (SSSR count). The lowest BCUT2D eigenvalue weighted by molar-refractivity contribution is 0.0946. The van der Waals surface area contributed by atoms with Crippen molar-refractivity contribution in [2.24, 2.45) is 0 Å². The molecule has 0 aliphatic rings. The number of carbonyl (C=O) groups excluding carboxylic acids is 1. The van der Waals surface area contributed by atoms with Gasteiger partial charge in [-0.2, -0.15) is 8.78 Å². The molecule has 1 aromatic heterocycles. The number of nitrogens with one attached hydrogen (secondary N) is 1. The van der Waals surface area contributed by atoms with Crippen LogP contribution in [0, 0.1) is 6.92 Å². The lowest BCUT2D eigenvalue weighted by Gasteiger charge is -2.14. The number of alkyl halides is 2. The number of halogens is 2. The zero-order chi connectivity index (χ0) is 19.5. The van der Waals surface area contributed by atoms with E-state index >= 15 is 0 Å². The third-order valence-corrected chi connectivity index (χ3v) is 4.86. The second-order valence-corrected chi connectivity index (χ2v) is 7.55. The number of aryl methyl sites for hydroxylation is 1. The second kappa shape index (κ2) is 7.73. The Morgan fingerprint density at radius 2 is 1.88 bits per heavy atom. The van der Waals surface area contributed by atoms with Gasteiger partial charge in [0.05, 0.1) is 17.0 Å². The summed E-state index contributed by atoms with van der Waals surface area (Å²) in [6, 6.07) is 6.58. The van der Waals surface area contributed by atoms with Gasteiger partial charge in [-0.25, -0.2) is 18.4 Å². The van der Waals surface area contributed by atoms with E-state index in [2.05, 4.69) is 15.3 Å². The topological polar surface area (TPSA) is 92.3 Å². The summed E-state index contributed by atoms with van der Waals surface area (Å²) in [4.78, 5) is 21.8. The molecule has 0 aliphatic heterocycles. The third kappa shape index (κ3) is 4.31. The van der Waals surface area contributed by atoms with E-state index in [0.717, 1.165) is 6.07 Å². The Labute approximate surface area is 150 Å². The summed E-state index contributed by atoms with van der Waals surface area (Å²) in [7, 11) is -1.29. The van der Waals surface area contributed by atoms with Gasteiger partial charge in [-0.15, -0.1) is 0 Å². The molecule has 0 radical (unpaired) electrons. The van der Waals surface area contributed by atoms with Crippen LogP contribution in [0.2, 0.25) is 0 Å². The second-order valence-electron chi connectivity index (χ2n) is 5.66. The van der Waals surface area contributed by atoms with E-state index < -0.39 is 26.4 Å². The first kappa shape index (κ1) is 19.7. The summed E-state index contributed by atoms with van der Waals surface area (Å²) in [6.45, 7) is 1.69. The van der Waals surface area contributed by atoms with Gasteiger partial charge in [-0.05, 0) is 19.1 Å². The average molecular weight is 384 g/mol. The highest BCUT2D eigenvalue weighted by molar-refractivity contribution is 7.91. The Bertz CT molecular complexity index is 917. The Morgan fingerprint density at radius 1 is 1.23 bits per heavy atom. The number of hydrogen-bond acceptors (Lipinski definition) is 6. The van der Waals surface area contributed by atoms with Crippen LogP contribution in [0.15, 0.2) is 35.2 Å². The number of amides is 1. The van der Waals surface area contributed by atoms with Crippen molar-refractivity contribution in [1.82, 2.24) is 15.3 Å². The molecule has 0 aliphatic carbocycles. The summed E-state index contributed by atoms with van der Waals surface area (Å²) in [5.41, 5.74) is 0.335. The van der Waals surface area contributed by atoms with Crippen molar-refractivity contribution >= 4 is 21.6 Å². The van der Waals surface area contributed by atoms with Crippen molar-refractivity contribution < 1.29 is 22.0 Å². The van der Waals surface area contributed by atoms with Crippen LogP contribution < -0.4 is 10.2 Å². The van der Waals surface area contributed by atoms with Gasteiger partial charge in [0.2, 0.25) is 9.84 Å². The number of sulfone groups is 1. The van der Waals surface area contributed by atoms with Gasteiger partial charge in [0, 0.05) is 25.9 Å². The third-order valence-electron chi connectivity index (χ3n) is 3.43. The van der Waals surface area contributed by atoms with Gasteiger partial charge >= 0.3 is 5.76 Å². The van der Waals surface area contributed by atoms with Crippen LogP contribution in [0.4, 0.5) is 14.6 Å². The average Bonchev–Trinajstić information content (AvgIpc) is 2.59. The first-order valence-electron chi connectivity index (χ1n) is 7.54. The fourth-order valence-electron chi connectivity index (χ4n) is 2.17. The largest absolute Gasteiger partial charge is 0.363 e. The number of nitrogens with zero attached hydrogens (tertiary/aromatic N) is 3. The van der Waals surface area contributed by atoms with Gasteiger partial charge < -0.3 is 10.2 Å². The van der Waals surface area contributed by atoms with Gasteiger partial charge in [0.25, 0.3) is 5.91 Å². The fraction of sp³-hybridized carbons (Fsp3) is 0.312. The van der Waals surface area contributed by atoms with Gasteiger partial charge in [-0.1, -0.05) is 12.1 Å². The molecular formula is C16H18F2N4O3S. The summed E-state index contributed by atoms with van der Waals surface area (Å²) >= 11 is 0. The minimum Gasteiger partial charge on any atom is -0.363 e. The smallest absolute Gasteiger partial charge is 0.341 e. The van der Waals surface area contributed by atoms with Crippen molar-refractivity contribution in [2.45, 2.75) is 24.1 Å². The minimum absolute atomic E-state index is 0.0790. The number of hydrogen-bond donors (Lipinski definition) is 1. The van der Waals surface area contributed by atoms with Crippen molar-refractivity contribution in [3.8, 4) is 0 Å². The van der Waals surface area contributed by atoms with Crippen LogP contribution in [0.1, 0.15) is 21.9 Å². The molecule has 0 saturated carbocycles. The van der Waals surface area contributed by atoms with E-state index in [9.17, 15) is 22.0 Å². The van der Waals surface area contributed by atoms with Crippen molar-refractivity contribution in [3.05, 3.63) is 47.4 Å². The zero-order valence-electron chi connectivity index (χ0n) is 14.4. The van der Waals surface area contributed by atoms with E-state index in [1.54, 1.807) is 32.0 Å². The number of carbonyl (C=O) groups is 1. The van der Waals surface area contributed by atoms with Gasteiger partial charge in [0.1, 0.15) is 11.6 Å². The first-order valence-corrected chi connectivity index (χ1v) is 9.08. The molecule has 1 N–H and O–H groups in total. The monoisotopic (exact) mass is 384 g/mol. The molecule has 0 saturated heterocycles. The van der Waals surface area contributed by atoms with Crippen LogP contribution in [0.3, 0.4) is 0 Å². The lowest BCUT2D eigenvalue weighted by Crippen LogP contribution is -2.27. The molecule has 0 unspecified atom stereocenters. The quantitative estimate of drug-likeness (QED) is 0.816. The van der Waals surface area contributed by atoms with Crippen LogP contribution in [0.25, 0.3) is 0 Å². The standard InChI is InChI=1S/C16H18F2N4O3S/c1-10-8-14(22(2)3)21-13(20-10)9-19-15(23)11-6-4-5-7-12(11)26(24,25)16(17)18/h4-8,16H,9H2,1-3H3,(H,19,23). The summed E-state index contributed by atoms with van der Waals surface area (Å²) in [5, 5.41) is 2.47. The maximum Gasteiger partial charge on any atom is 0.341 e. The van der Waals surface area contributed by atoms with Crippen LogP contribution in [-0.2, 0) is 16.4 Å². The molecule has 1 aromatic carbocycles. The van der Waals surface area contributed by atoms with E-state index in [0.29, 0.717) is 17.3 Å². The Balaban J connectivity index is 2.25.